The molecule has 2 N–H and O–H groups in total. The van der Waals surface area contributed by atoms with E-state index in [1.165, 1.54) is 7.11 Å². The molecule has 4 nitrogen and oxygen atoms in total. The predicted molar refractivity (Wildman–Crippen MR) is 52.7 cm³/mol. The van der Waals surface area contributed by atoms with Crippen LogP contribution in [0.1, 0.15) is 10.5 Å². The Bertz CT molecular complexity index is 357. The molecular weight excluding hydrogens is 290 g/mol. The Hall–Kier alpha value is -0.920. The lowest BCUT2D eigenvalue weighted by Crippen LogP contribution is -2.10. The van der Waals surface area contributed by atoms with Crippen molar-refractivity contribution in [1.29, 1.82) is 0 Å². The second-order valence-corrected chi connectivity index (χ2v) is 3.25. The summed E-state index contributed by atoms with van der Waals surface area (Å²) in [6.45, 7) is 0. The van der Waals surface area contributed by atoms with Crippen molar-refractivity contribution < 1.29 is 13.9 Å². The van der Waals surface area contributed by atoms with E-state index in [-0.39, 0.29) is 15.0 Å². The third kappa shape index (κ3) is 1.87. The minimum atomic E-state index is -0.642. The number of nitrogen functional groups attached to an aromatic ring is 1. The van der Waals surface area contributed by atoms with Gasteiger partial charge >= 0.3 is 5.97 Å². The number of carbonyl (C=O) groups is 1. The van der Waals surface area contributed by atoms with Crippen molar-refractivity contribution in [3.05, 3.63) is 21.3 Å². The number of hydrogen-bond acceptors (Lipinski definition) is 4. The third-order valence-electron chi connectivity index (χ3n) is 1.39. The molecule has 1 heterocycles. The van der Waals surface area contributed by atoms with Crippen molar-refractivity contribution in [3.63, 3.8) is 0 Å². The van der Waals surface area contributed by atoms with Gasteiger partial charge in [0.1, 0.15) is 0 Å². The first kappa shape index (κ1) is 10.2. The van der Waals surface area contributed by atoms with Crippen molar-refractivity contribution in [1.82, 2.24) is 4.98 Å². The van der Waals surface area contributed by atoms with E-state index >= 15 is 0 Å². The van der Waals surface area contributed by atoms with Gasteiger partial charge in [-0.05, 0) is 22.6 Å². The monoisotopic (exact) mass is 296 g/mol. The molecule has 70 valence electrons. The maximum atomic E-state index is 12.8. The highest BCUT2D eigenvalue weighted by Gasteiger charge is 2.16. The predicted octanol–water partition coefficient (Wildman–Crippen LogP) is 1.19. The molecule has 6 heteroatoms. The van der Waals surface area contributed by atoms with Gasteiger partial charge in [0, 0.05) is 0 Å². The molecular formula is C7H6FIN2O2. The molecule has 0 radical (unpaired) electrons. The van der Waals surface area contributed by atoms with E-state index in [2.05, 4.69) is 9.72 Å². The first-order valence-electron chi connectivity index (χ1n) is 3.25. The van der Waals surface area contributed by atoms with Gasteiger partial charge in [0.15, 0.2) is 11.5 Å². The molecule has 0 saturated carbocycles. The fraction of sp³-hybridized carbons (Fsp3) is 0.143. The Kier molecular flexibility index (Phi) is 3.02. The molecule has 1 rings (SSSR count). The van der Waals surface area contributed by atoms with Crippen LogP contribution in [0.2, 0.25) is 0 Å². The largest absolute Gasteiger partial charge is 0.464 e. The molecule has 1 aromatic heterocycles. The number of pyridine rings is 1. The van der Waals surface area contributed by atoms with E-state index in [9.17, 15) is 9.18 Å². The molecule has 0 atom stereocenters. The highest BCUT2D eigenvalue weighted by molar-refractivity contribution is 14.1. The van der Waals surface area contributed by atoms with Crippen molar-refractivity contribution in [2.75, 3.05) is 12.8 Å². The van der Waals surface area contributed by atoms with Crippen LogP contribution >= 0.6 is 22.6 Å². The second kappa shape index (κ2) is 3.86. The highest BCUT2D eigenvalue weighted by Crippen LogP contribution is 2.20. The number of anilines is 1. The number of nitrogens with zero attached hydrogens (tertiary/aromatic N) is 1. The van der Waals surface area contributed by atoms with Crippen LogP contribution in [0.5, 0.6) is 0 Å². The van der Waals surface area contributed by atoms with Crippen LogP contribution in [-0.2, 0) is 4.74 Å². The Balaban J connectivity index is 3.26. The highest BCUT2D eigenvalue weighted by atomic mass is 127. The van der Waals surface area contributed by atoms with Gasteiger partial charge in [-0.25, -0.2) is 14.2 Å². The Morgan fingerprint density at radius 1 is 1.77 bits per heavy atom. The van der Waals surface area contributed by atoms with Gasteiger partial charge in [-0.1, -0.05) is 0 Å². The lowest BCUT2D eigenvalue weighted by molar-refractivity contribution is 0.0592. The molecule has 0 aliphatic heterocycles. The van der Waals surface area contributed by atoms with Gasteiger partial charge in [-0.15, -0.1) is 0 Å². The van der Waals surface area contributed by atoms with Crippen LogP contribution < -0.4 is 5.73 Å². The first-order valence-corrected chi connectivity index (χ1v) is 4.33. The minimum Gasteiger partial charge on any atom is -0.464 e. The summed E-state index contributed by atoms with van der Waals surface area (Å²) in [5.41, 5.74) is 5.29. The number of hydrogen-bond donors (Lipinski definition) is 1. The van der Waals surface area contributed by atoms with Gasteiger partial charge in [0.2, 0.25) is 0 Å². The van der Waals surface area contributed by atoms with E-state index in [0.29, 0.717) is 0 Å². The average molecular weight is 296 g/mol. The van der Waals surface area contributed by atoms with E-state index in [1.807, 2.05) is 0 Å². The fourth-order valence-electron chi connectivity index (χ4n) is 0.719. The summed E-state index contributed by atoms with van der Waals surface area (Å²) < 4.78 is 17.5. The number of methoxy groups -OCH3 is 1. The molecule has 0 bridgehead atoms. The van der Waals surface area contributed by atoms with Crippen LogP contribution in [0.15, 0.2) is 6.20 Å². The summed E-state index contributed by atoms with van der Waals surface area (Å²) in [5.74, 6) is -1.27. The molecule has 0 aromatic carbocycles. The second-order valence-electron chi connectivity index (χ2n) is 2.17. The summed E-state index contributed by atoms with van der Waals surface area (Å²) in [4.78, 5) is 14.6. The normalized spacial score (nSPS) is 9.77. The van der Waals surface area contributed by atoms with Gasteiger partial charge in [0.05, 0.1) is 22.6 Å². The maximum absolute atomic E-state index is 12.8. The third-order valence-corrected chi connectivity index (χ3v) is 2.48. The Morgan fingerprint density at radius 2 is 2.38 bits per heavy atom. The van der Waals surface area contributed by atoms with Crippen molar-refractivity contribution in [2.45, 2.75) is 0 Å². The number of esters is 1. The molecule has 0 saturated heterocycles. The lowest BCUT2D eigenvalue weighted by atomic mass is 10.3. The topological polar surface area (TPSA) is 65.2 Å². The minimum absolute atomic E-state index is 0.0296. The van der Waals surface area contributed by atoms with E-state index in [1.54, 1.807) is 22.6 Å². The van der Waals surface area contributed by atoms with Crippen LogP contribution in [0, 0.1) is 9.39 Å². The van der Waals surface area contributed by atoms with Crippen molar-refractivity contribution in [3.8, 4) is 0 Å². The summed E-state index contributed by atoms with van der Waals surface area (Å²) >= 11 is 1.74. The SMILES string of the molecule is COC(=O)c1ncc(F)c(N)c1I. The Labute approximate surface area is 87.4 Å². The zero-order valence-corrected chi connectivity index (χ0v) is 8.83. The van der Waals surface area contributed by atoms with Crippen LogP contribution in [0.3, 0.4) is 0 Å². The molecule has 13 heavy (non-hydrogen) atoms. The van der Waals surface area contributed by atoms with Crippen molar-refractivity contribution >= 4 is 34.2 Å². The number of rotatable bonds is 1. The maximum Gasteiger partial charge on any atom is 0.357 e. The average Bonchev–Trinajstić information content (AvgIpc) is 2.13. The zero-order valence-electron chi connectivity index (χ0n) is 6.67. The number of ether oxygens (including phenoxy) is 1. The number of nitrogens with two attached hydrogens (primary N) is 1. The smallest absolute Gasteiger partial charge is 0.357 e. The van der Waals surface area contributed by atoms with Crippen molar-refractivity contribution in [2.24, 2.45) is 0 Å². The van der Waals surface area contributed by atoms with E-state index < -0.39 is 11.8 Å². The van der Waals surface area contributed by atoms with Gasteiger partial charge in [-0.2, -0.15) is 0 Å². The fourth-order valence-corrected chi connectivity index (χ4v) is 1.34. The Morgan fingerprint density at radius 3 is 2.92 bits per heavy atom. The summed E-state index contributed by atoms with van der Waals surface area (Å²) in [7, 11) is 1.22. The molecule has 0 unspecified atom stereocenters. The number of aromatic nitrogens is 1. The molecule has 0 spiro atoms. The van der Waals surface area contributed by atoms with Gasteiger partial charge in [0.25, 0.3) is 0 Å². The van der Waals surface area contributed by atoms with E-state index in [0.717, 1.165) is 6.20 Å². The van der Waals surface area contributed by atoms with Gasteiger partial charge < -0.3 is 10.5 Å². The van der Waals surface area contributed by atoms with Crippen LogP contribution in [-0.4, -0.2) is 18.1 Å². The molecule has 1 aromatic rings. The summed E-state index contributed by atoms with van der Waals surface area (Å²) in [5, 5.41) is 0. The molecule has 0 aliphatic rings. The molecule has 0 fully saturated rings. The number of halogens is 2. The standard InChI is InChI=1S/C7H6FIN2O2/c1-13-7(12)6-4(9)5(10)3(8)2-11-6/h2H,1H3,(H2,10,11). The zero-order chi connectivity index (χ0) is 10.0. The quantitative estimate of drug-likeness (QED) is 0.624. The number of carbonyl (C=O) groups excluding carboxylic acids is 1. The van der Waals surface area contributed by atoms with Crippen LogP contribution in [0.25, 0.3) is 0 Å². The molecule has 0 amide bonds. The van der Waals surface area contributed by atoms with Gasteiger partial charge in [-0.3, -0.25) is 0 Å². The van der Waals surface area contributed by atoms with E-state index in [4.69, 9.17) is 5.73 Å². The summed E-state index contributed by atoms with van der Waals surface area (Å²) in [6.07, 6.45) is 0.893. The molecule has 0 aliphatic carbocycles. The summed E-state index contributed by atoms with van der Waals surface area (Å²) in [6, 6.07) is 0. The van der Waals surface area contributed by atoms with Crippen LogP contribution in [0.4, 0.5) is 10.1 Å². The lowest BCUT2D eigenvalue weighted by Gasteiger charge is -2.04. The first-order chi connectivity index (χ1) is 6.07.